The molecule has 0 radical (unpaired) electrons. The Hall–Kier alpha value is -6.70. The van der Waals surface area contributed by atoms with E-state index in [-0.39, 0.29) is 0 Å². The van der Waals surface area contributed by atoms with E-state index in [4.69, 9.17) is 0 Å². The molecule has 0 fully saturated rings. The minimum atomic E-state index is 0.855. The first-order valence-corrected chi connectivity index (χ1v) is 18.1. The Morgan fingerprint density at radius 2 is 1.04 bits per heavy atom. The van der Waals surface area contributed by atoms with Gasteiger partial charge in [-0.05, 0) is 102 Å². The highest BCUT2D eigenvalue weighted by atomic mass is 15.0. The van der Waals surface area contributed by atoms with Crippen LogP contribution in [0.15, 0.2) is 194 Å². The van der Waals surface area contributed by atoms with Gasteiger partial charge in [0.1, 0.15) is 0 Å². The zero-order valence-electron chi connectivity index (χ0n) is 28.7. The van der Waals surface area contributed by atoms with Crippen LogP contribution in [0.3, 0.4) is 0 Å². The van der Waals surface area contributed by atoms with Crippen molar-refractivity contribution >= 4 is 60.2 Å². The number of benzene rings is 9. The van der Waals surface area contributed by atoms with E-state index in [0.717, 1.165) is 6.42 Å². The first-order valence-electron chi connectivity index (χ1n) is 18.1. The monoisotopic (exact) mass is 661 g/mol. The number of hydrogen-bond acceptors (Lipinski definition) is 0. The summed E-state index contributed by atoms with van der Waals surface area (Å²) in [5.74, 6) is 0. The van der Waals surface area contributed by atoms with Crippen LogP contribution in [0.25, 0.3) is 88.1 Å². The summed E-state index contributed by atoms with van der Waals surface area (Å²) in [5.41, 5.74) is 11.2. The van der Waals surface area contributed by atoms with Gasteiger partial charge in [-0.25, -0.2) is 0 Å². The predicted octanol–water partition coefficient (Wildman–Crippen LogP) is 13.8. The molecule has 0 saturated carbocycles. The topological polar surface area (TPSA) is 4.93 Å². The summed E-state index contributed by atoms with van der Waals surface area (Å²) >= 11 is 0. The van der Waals surface area contributed by atoms with Gasteiger partial charge in [0.15, 0.2) is 0 Å². The maximum Gasteiger partial charge on any atom is 0.0541 e. The fourth-order valence-electron chi connectivity index (χ4n) is 8.22. The van der Waals surface area contributed by atoms with Crippen molar-refractivity contribution in [3.8, 4) is 27.9 Å². The van der Waals surface area contributed by atoms with Gasteiger partial charge in [-0.1, -0.05) is 170 Å². The van der Waals surface area contributed by atoms with E-state index in [1.807, 2.05) is 0 Å². The first-order chi connectivity index (χ1) is 25.8. The summed E-state index contributed by atoms with van der Waals surface area (Å²) in [4.78, 5) is 0. The Labute approximate surface area is 303 Å². The van der Waals surface area contributed by atoms with Crippen molar-refractivity contribution in [3.63, 3.8) is 0 Å². The van der Waals surface area contributed by atoms with Gasteiger partial charge in [0, 0.05) is 16.5 Å². The number of fused-ring (bicyclic) bond motifs is 7. The molecule has 244 valence electrons. The lowest BCUT2D eigenvalue weighted by Gasteiger charge is -2.17. The van der Waals surface area contributed by atoms with Gasteiger partial charge in [0.05, 0.1) is 11.0 Å². The van der Waals surface area contributed by atoms with Crippen molar-refractivity contribution in [1.29, 1.82) is 0 Å². The molecule has 0 amide bonds. The van der Waals surface area contributed by atoms with E-state index in [0.29, 0.717) is 0 Å². The number of aromatic nitrogens is 1. The largest absolute Gasteiger partial charge is 0.309 e. The van der Waals surface area contributed by atoms with Crippen LogP contribution in [0.4, 0.5) is 0 Å². The molecule has 1 nitrogen and oxygen atoms in total. The molecule has 0 aliphatic carbocycles. The number of para-hydroxylation sites is 2. The fraction of sp³-hybridized carbons (Fsp3) is 0.0196. The molecule has 0 unspecified atom stereocenters. The second-order valence-electron chi connectivity index (χ2n) is 13.6. The highest BCUT2D eigenvalue weighted by Crippen LogP contribution is 2.43. The van der Waals surface area contributed by atoms with E-state index in [9.17, 15) is 0 Å². The van der Waals surface area contributed by atoms with Crippen molar-refractivity contribution in [3.05, 3.63) is 205 Å². The van der Waals surface area contributed by atoms with Gasteiger partial charge in [0.25, 0.3) is 0 Å². The van der Waals surface area contributed by atoms with Gasteiger partial charge >= 0.3 is 0 Å². The smallest absolute Gasteiger partial charge is 0.0541 e. The Balaban J connectivity index is 1.01. The Kier molecular flexibility index (Phi) is 7.29. The first kappa shape index (κ1) is 30.2. The van der Waals surface area contributed by atoms with Crippen molar-refractivity contribution in [2.24, 2.45) is 0 Å². The van der Waals surface area contributed by atoms with Crippen molar-refractivity contribution in [2.75, 3.05) is 0 Å². The van der Waals surface area contributed by atoms with Gasteiger partial charge < -0.3 is 4.57 Å². The zero-order chi connectivity index (χ0) is 34.4. The van der Waals surface area contributed by atoms with E-state index in [1.54, 1.807) is 0 Å². The van der Waals surface area contributed by atoms with Crippen LogP contribution in [0.2, 0.25) is 0 Å². The quantitative estimate of drug-likeness (QED) is 0.123. The van der Waals surface area contributed by atoms with Crippen LogP contribution in [0, 0.1) is 0 Å². The third-order valence-electron chi connectivity index (χ3n) is 10.6. The molecule has 9 aromatic carbocycles. The number of allylic oxidation sites excluding steroid dienone is 1. The van der Waals surface area contributed by atoms with E-state index in [1.165, 1.54) is 93.2 Å². The molecule has 52 heavy (non-hydrogen) atoms. The van der Waals surface area contributed by atoms with Crippen LogP contribution < -0.4 is 0 Å². The minimum Gasteiger partial charge on any atom is -0.309 e. The molecule has 0 atom stereocenters. The molecule has 0 aliphatic rings. The standard InChI is InChI=1S/C51H35N/c1-3-16-38(17-4-1)50-45-23-10-9-21-42(45)43(46-32-30-37-15-7-8-20-41(37)51(46)50)24-13-14-35-26-28-36(29-27-35)39-31-33-49-47(34-39)44-22-11-12-25-48(44)52(49)40-18-5-2-6-19-40/h1-13,15-34H,14H2/b24-13+. The van der Waals surface area contributed by atoms with Crippen LogP contribution in [0.1, 0.15) is 11.1 Å². The molecule has 0 saturated heterocycles. The number of nitrogens with zero attached hydrogens (tertiary/aromatic N) is 1. The van der Waals surface area contributed by atoms with Crippen molar-refractivity contribution in [1.82, 2.24) is 4.57 Å². The molecule has 10 aromatic rings. The molecule has 0 aliphatic heterocycles. The predicted molar refractivity (Wildman–Crippen MR) is 223 cm³/mol. The summed E-state index contributed by atoms with van der Waals surface area (Å²) in [5, 5.41) is 10.3. The Morgan fingerprint density at radius 1 is 0.404 bits per heavy atom. The summed E-state index contributed by atoms with van der Waals surface area (Å²) in [6.07, 6.45) is 5.53. The lowest BCUT2D eigenvalue weighted by molar-refractivity contribution is 1.18. The van der Waals surface area contributed by atoms with Crippen molar-refractivity contribution < 1.29 is 0 Å². The summed E-state index contributed by atoms with van der Waals surface area (Å²) in [6, 6.07) is 68.5. The van der Waals surface area contributed by atoms with Gasteiger partial charge in [0.2, 0.25) is 0 Å². The lowest BCUT2D eigenvalue weighted by Crippen LogP contribution is -1.92. The van der Waals surface area contributed by atoms with Crippen LogP contribution in [-0.4, -0.2) is 4.57 Å². The molecule has 0 bridgehead atoms. The normalized spacial score (nSPS) is 11.8. The Bertz CT molecular complexity index is 2950. The summed E-state index contributed by atoms with van der Waals surface area (Å²) in [6.45, 7) is 0. The number of rotatable bonds is 6. The minimum absolute atomic E-state index is 0.855. The highest BCUT2D eigenvalue weighted by Gasteiger charge is 2.17. The zero-order valence-corrected chi connectivity index (χ0v) is 28.7. The second-order valence-corrected chi connectivity index (χ2v) is 13.6. The molecule has 10 rings (SSSR count). The van der Waals surface area contributed by atoms with Gasteiger partial charge in [-0.2, -0.15) is 0 Å². The van der Waals surface area contributed by atoms with E-state index < -0.39 is 0 Å². The fourth-order valence-corrected chi connectivity index (χ4v) is 8.22. The SMILES string of the molecule is C(=C\c1c2ccccc2c(-c2ccccc2)c2c1ccc1ccccc12)/Cc1ccc(-c2ccc3c(c2)c2ccccc2n3-c2ccccc2)cc1. The molecule has 0 N–H and O–H groups in total. The average molecular weight is 662 g/mol. The van der Waals surface area contributed by atoms with Gasteiger partial charge in [-0.15, -0.1) is 0 Å². The highest BCUT2D eigenvalue weighted by molar-refractivity contribution is 6.25. The maximum absolute atomic E-state index is 2.37. The molecular formula is C51H35N. The molecular weight excluding hydrogens is 627 g/mol. The average Bonchev–Trinajstić information content (AvgIpc) is 3.55. The van der Waals surface area contributed by atoms with E-state index in [2.05, 4.69) is 205 Å². The Morgan fingerprint density at radius 3 is 1.85 bits per heavy atom. The molecule has 1 heteroatoms. The van der Waals surface area contributed by atoms with Gasteiger partial charge in [-0.3, -0.25) is 0 Å². The third kappa shape index (κ3) is 5.01. The van der Waals surface area contributed by atoms with E-state index >= 15 is 0 Å². The lowest BCUT2D eigenvalue weighted by atomic mass is 9.86. The van der Waals surface area contributed by atoms with Crippen LogP contribution in [0.5, 0.6) is 0 Å². The third-order valence-corrected chi connectivity index (χ3v) is 10.6. The molecule has 0 spiro atoms. The summed E-state index contributed by atoms with van der Waals surface area (Å²) < 4.78 is 2.37. The molecule has 1 heterocycles. The molecule has 1 aromatic heterocycles. The second kappa shape index (κ2) is 12.6. The van der Waals surface area contributed by atoms with Crippen molar-refractivity contribution in [2.45, 2.75) is 6.42 Å². The van der Waals surface area contributed by atoms with Crippen LogP contribution >= 0.6 is 0 Å². The summed E-state index contributed by atoms with van der Waals surface area (Å²) in [7, 11) is 0. The number of hydrogen-bond donors (Lipinski definition) is 0. The van der Waals surface area contributed by atoms with Crippen LogP contribution in [-0.2, 0) is 6.42 Å². The maximum atomic E-state index is 2.37.